The monoisotopic (exact) mass is 362 g/mol. The fourth-order valence-electron chi connectivity index (χ4n) is 2.96. The minimum atomic E-state index is -1.36. The maximum atomic E-state index is 11.6. The number of methoxy groups -OCH3 is 1. The van der Waals surface area contributed by atoms with Crippen LogP contribution in [0.2, 0.25) is 0 Å². The molecule has 0 radical (unpaired) electrons. The maximum Gasteiger partial charge on any atom is 0.308 e. The number of unbranched alkanes of at least 4 members (excludes halogenated alkanes) is 5. The largest absolute Gasteiger partial charge is 0.469 e. The lowest BCUT2D eigenvalue weighted by molar-refractivity contribution is -0.304. The summed E-state index contributed by atoms with van der Waals surface area (Å²) in [4.78, 5) is 11.6. The standard InChI is InChI=1S/C18H34O7/c1-4-5-6-7-8-9-10-13(11-14(19)23-3)25-18-17(22)16(21)15(20)12(2)24-18/h12-13,15-18,20-22H,4-11H2,1-3H3/t12-,13?,15-,16+,17+,18?/m1/s1. The molecule has 1 aliphatic heterocycles. The summed E-state index contributed by atoms with van der Waals surface area (Å²) in [5.41, 5.74) is 0. The average molecular weight is 362 g/mol. The number of carbonyl (C=O) groups excluding carboxylic acids is 1. The molecule has 0 spiro atoms. The molecule has 7 heteroatoms. The van der Waals surface area contributed by atoms with Crippen molar-refractivity contribution in [2.24, 2.45) is 0 Å². The van der Waals surface area contributed by atoms with Gasteiger partial charge >= 0.3 is 5.97 Å². The van der Waals surface area contributed by atoms with Gasteiger partial charge in [-0.2, -0.15) is 0 Å². The van der Waals surface area contributed by atoms with E-state index in [2.05, 4.69) is 6.92 Å². The van der Waals surface area contributed by atoms with E-state index in [0.29, 0.717) is 6.42 Å². The molecule has 3 N–H and O–H groups in total. The highest BCUT2D eigenvalue weighted by molar-refractivity contribution is 5.69. The van der Waals surface area contributed by atoms with Crippen LogP contribution in [-0.2, 0) is 19.0 Å². The summed E-state index contributed by atoms with van der Waals surface area (Å²) in [6.07, 6.45) is 1.30. The topological polar surface area (TPSA) is 105 Å². The summed E-state index contributed by atoms with van der Waals surface area (Å²) in [7, 11) is 1.32. The zero-order valence-corrected chi connectivity index (χ0v) is 15.6. The molecule has 25 heavy (non-hydrogen) atoms. The van der Waals surface area contributed by atoms with Gasteiger partial charge in [0, 0.05) is 0 Å². The first-order valence-corrected chi connectivity index (χ1v) is 9.32. The van der Waals surface area contributed by atoms with E-state index in [1.165, 1.54) is 26.4 Å². The number of carbonyl (C=O) groups is 1. The van der Waals surface area contributed by atoms with Crippen molar-refractivity contribution in [1.29, 1.82) is 0 Å². The number of hydrogen-bond donors (Lipinski definition) is 3. The van der Waals surface area contributed by atoms with Gasteiger partial charge in [-0.15, -0.1) is 0 Å². The second-order valence-electron chi connectivity index (χ2n) is 6.78. The van der Waals surface area contributed by atoms with Crippen molar-refractivity contribution in [1.82, 2.24) is 0 Å². The van der Waals surface area contributed by atoms with Gasteiger partial charge in [-0.1, -0.05) is 45.4 Å². The molecule has 0 aliphatic carbocycles. The van der Waals surface area contributed by atoms with Gasteiger partial charge in [-0.05, 0) is 13.3 Å². The van der Waals surface area contributed by atoms with Gasteiger partial charge in [-0.25, -0.2) is 0 Å². The lowest BCUT2D eigenvalue weighted by Gasteiger charge is -2.40. The molecule has 1 heterocycles. The molecule has 0 saturated carbocycles. The van der Waals surface area contributed by atoms with Crippen molar-refractivity contribution in [3.05, 3.63) is 0 Å². The number of rotatable bonds is 11. The molecule has 6 atom stereocenters. The third kappa shape index (κ3) is 7.58. The highest BCUT2D eigenvalue weighted by Crippen LogP contribution is 2.25. The summed E-state index contributed by atoms with van der Waals surface area (Å²) in [6.45, 7) is 3.77. The van der Waals surface area contributed by atoms with Crippen LogP contribution in [0.3, 0.4) is 0 Å². The Morgan fingerprint density at radius 1 is 1.04 bits per heavy atom. The Morgan fingerprint density at radius 2 is 1.68 bits per heavy atom. The molecular formula is C18H34O7. The molecule has 2 unspecified atom stereocenters. The van der Waals surface area contributed by atoms with Crippen LogP contribution in [0.4, 0.5) is 0 Å². The highest BCUT2D eigenvalue weighted by Gasteiger charge is 2.43. The summed E-state index contributed by atoms with van der Waals surface area (Å²) in [5.74, 6) is -0.394. The van der Waals surface area contributed by atoms with Crippen LogP contribution in [0.15, 0.2) is 0 Å². The fraction of sp³-hybridized carbons (Fsp3) is 0.944. The van der Waals surface area contributed by atoms with E-state index in [9.17, 15) is 20.1 Å². The van der Waals surface area contributed by atoms with Crippen molar-refractivity contribution in [3.8, 4) is 0 Å². The van der Waals surface area contributed by atoms with Gasteiger partial charge in [0.25, 0.3) is 0 Å². The Labute approximate surface area is 150 Å². The Hall–Kier alpha value is -0.730. The van der Waals surface area contributed by atoms with Crippen LogP contribution < -0.4 is 0 Å². The molecule has 0 bridgehead atoms. The lowest BCUT2D eigenvalue weighted by atomic mass is 9.99. The average Bonchev–Trinajstić information content (AvgIpc) is 2.60. The van der Waals surface area contributed by atoms with E-state index in [4.69, 9.17) is 14.2 Å². The van der Waals surface area contributed by atoms with E-state index in [1.807, 2.05) is 0 Å². The van der Waals surface area contributed by atoms with E-state index in [-0.39, 0.29) is 6.42 Å². The Kier molecular flexibility index (Phi) is 10.5. The first kappa shape index (κ1) is 22.3. The molecule has 1 rings (SSSR count). The second-order valence-corrected chi connectivity index (χ2v) is 6.78. The fourth-order valence-corrected chi connectivity index (χ4v) is 2.96. The Morgan fingerprint density at radius 3 is 2.32 bits per heavy atom. The summed E-state index contributed by atoms with van der Waals surface area (Å²) in [5, 5.41) is 29.7. The maximum absolute atomic E-state index is 11.6. The van der Waals surface area contributed by atoms with Crippen molar-refractivity contribution >= 4 is 5.97 Å². The van der Waals surface area contributed by atoms with Crippen molar-refractivity contribution in [3.63, 3.8) is 0 Å². The molecule has 0 amide bonds. The van der Waals surface area contributed by atoms with Gasteiger partial charge in [0.1, 0.15) is 18.3 Å². The summed E-state index contributed by atoms with van der Waals surface area (Å²) < 4.78 is 15.9. The van der Waals surface area contributed by atoms with E-state index in [0.717, 1.165) is 19.3 Å². The Bertz CT molecular complexity index is 376. The smallest absolute Gasteiger partial charge is 0.308 e. The van der Waals surface area contributed by atoms with E-state index < -0.39 is 42.8 Å². The van der Waals surface area contributed by atoms with Gasteiger partial charge < -0.3 is 29.5 Å². The predicted molar refractivity (Wildman–Crippen MR) is 91.9 cm³/mol. The Balaban J connectivity index is 2.52. The van der Waals surface area contributed by atoms with Crippen LogP contribution in [0.1, 0.15) is 65.2 Å². The summed E-state index contributed by atoms with van der Waals surface area (Å²) >= 11 is 0. The number of aliphatic hydroxyl groups excluding tert-OH is 3. The zero-order chi connectivity index (χ0) is 18.8. The highest BCUT2D eigenvalue weighted by atomic mass is 16.7. The third-order valence-corrected chi connectivity index (χ3v) is 4.64. The minimum absolute atomic E-state index is 0.0606. The molecule has 0 aromatic heterocycles. The molecule has 0 aromatic rings. The number of esters is 1. The first-order chi connectivity index (χ1) is 11.9. The summed E-state index contributed by atoms with van der Waals surface area (Å²) in [6, 6.07) is 0. The van der Waals surface area contributed by atoms with E-state index in [1.54, 1.807) is 6.92 Å². The SMILES string of the molecule is CCCCCCCCC(CC(=O)OC)OC1O[C@H](C)[C@@H](O)[C@H](O)[C@@H]1O. The van der Waals surface area contributed by atoms with Crippen LogP contribution >= 0.6 is 0 Å². The molecule has 148 valence electrons. The second kappa shape index (κ2) is 11.8. The van der Waals surface area contributed by atoms with Crippen molar-refractivity contribution in [2.45, 2.75) is 102 Å². The molecule has 1 saturated heterocycles. The van der Waals surface area contributed by atoms with Gasteiger partial charge in [0.15, 0.2) is 6.29 Å². The third-order valence-electron chi connectivity index (χ3n) is 4.64. The van der Waals surface area contributed by atoms with Crippen molar-refractivity contribution < 1.29 is 34.3 Å². The van der Waals surface area contributed by atoms with Crippen LogP contribution in [0, 0.1) is 0 Å². The van der Waals surface area contributed by atoms with Crippen LogP contribution in [-0.4, -0.2) is 65.2 Å². The zero-order valence-electron chi connectivity index (χ0n) is 15.6. The van der Waals surface area contributed by atoms with Gasteiger partial charge in [0.05, 0.1) is 25.7 Å². The number of aliphatic hydroxyl groups is 3. The first-order valence-electron chi connectivity index (χ1n) is 9.32. The predicted octanol–water partition coefficient (Wildman–Crippen LogP) is 1.51. The molecule has 1 aliphatic rings. The molecular weight excluding hydrogens is 328 g/mol. The van der Waals surface area contributed by atoms with E-state index >= 15 is 0 Å². The van der Waals surface area contributed by atoms with Crippen molar-refractivity contribution in [2.75, 3.05) is 7.11 Å². The van der Waals surface area contributed by atoms with Crippen LogP contribution in [0.5, 0.6) is 0 Å². The molecule has 0 aromatic carbocycles. The van der Waals surface area contributed by atoms with Gasteiger partial charge in [-0.3, -0.25) is 4.79 Å². The minimum Gasteiger partial charge on any atom is -0.469 e. The van der Waals surface area contributed by atoms with Crippen LogP contribution in [0.25, 0.3) is 0 Å². The number of hydrogen-bond acceptors (Lipinski definition) is 7. The number of ether oxygens (including phenoxy) is 3. The normalized spacial score (nSPS) is 30.9. The quantitative estimate of drug-likeness (QED) is 0.378. The lowest BCUT2D eigenvalue weighted by Crippen LogP contribution is -2.58. The molecule has 1 fully saturated rings. The molecule has 7 nitrogen and oxygen atoms in total. The van der Waals surface area contributed by atoms with Gasteiger partial charge in [0.2, 0.25) is 0 Å².